The molecular formula is C12H19NO. The largest absolute Gasteiger partial charge is 0.369 e. The lowest BCUT2D eigenvalue weighted by Crippen LogP contribution is -2.18. The first-order chi connectivity index (χ1) is 6.61. The summed E-state index contributed by atoms with van der Waals surface area (Å²) in [7, 11) is 0. The molecule has 78 valence electrons. The number of hydrogen-bond acceptors (Lipinski definition) is 1. The molecule has 1 atom stereocenters. The van der Waals surface area contributed by atoms with Crippen LogP contribution in [0.2, 0.25) is 0 Å². The third-order valence-corrected chi connectivity index (χ3v) is 2.00. The number of hydrogen-bond donors (Lipinski definition) is 1. The standard InChI is InChI=1S/C10H13NO.C2H6/c1-7-3-5-9(6-4-7)8(2)10(11)12;1-2/h3-6,8H,1-2H3,(H2,11,12);1-2H3. The molecule has 2 N–H and O–H groups in total. The molecule has 0 saturated carbocycles. The number of amides is 1. The van der Waals surface area contributed by atoms with Crippen LogP contribution in [-0.2, 0) is 4.79 Å². The molecule has 14 heavy (non-hydrogen) atoms. The van der Waals surface area contributed by atoms with Gasteiger partial charge in [-0.25, -0.2) is 0 Å². The van der Waals surface area contributed by atoms with Gasteiger partial charge in [-0.1, -0.05) is 43.7 Å². The monoisotopic (exact) mass is 193 g/mol. The molecule has 2 heteroatoms. The Morgan fingerprint density at radius 1 is 1.21 bits per heavy atom. The predicted octanol–water partition coefficient (Wildman–Crippen LogP) is 2.61. The molecule has 0 aromatic heterocycles. The van der Waals surface area contributed by atoms with E-state index in [0.717, 1.165) is 5.56 Å². The maximum Gasteiger partial charge on any atom is 0.224 e. The van der Waals surface area contributed by atoms with Crippen molar-refractivity contribution in [2.75, 3.05) is 0 Å². The molecule has 1 amide bonds. The summed E-state index contributed by atoms with van der Waals surface area (Å²) in [5.74, 6) is -0.468. The molecular weight excluding hydrogens is 174 g/mol. The molecule has 0 aliphatic heterocycles. The average molecular weight is 193 g/mol. The number of primary amides is 1. The van der Waals surface area contributed by atoms with Gasteiger partial charge in [0.1, 0.15) is 0 Å². The summed E-state index contributed by atoms with van der Waals surface area (Å²) < 4.78 is 0. The molecule has 1 unspecified atom stereocenters. The van der Waals surface area contributed by atoms with Crippen molar-refractivity contribution in [3.8, 4) is 0 Å². The molecule has 0 aliphatic carbocycles. The third kappa shape index (κ3) is 3.60. The second kappa shape index (κ2) is 6.19. The Bertz CT molecular complexity index is 277. The predicted molar refractivity (Wildman–Crippen MR) is 60.1 cm³/mol. The van der Waals surface area contributed by atoms with E-state index in [1.807, 2.05) is 52.0 Å². The lowest BCUT2D eigenvalue weighted by atomic mass is 10.00. The summed E-state index contributed by atoms with van der Waals surface area (Å²) in [4.78, 5) is 10.8. The van der Waals surface area contributed by atoms with Crippen molar-refractivity contribution in [3.05, 3.63) is 35.4 Å². The first-order valence-electron chi connectivity index (χ1n) is 4.97. The highest BCUT2D eigenvalue weighted by atomic mass is 16.1. The second-order valence-electron chi connectivity index (χ2n) is 3.03. The summed E-state index contributed by atoms with van der Waals surface area (Å²) in [6.45, 7) is 7.83. The summed E-state index contributed by atoms with van der Waals surface area (Å²) in [6.07, 6.45) is 0. The molecule has 0 radical (unpaired) electrons. The van der Waals surface area contributed by atoms with E-state index in [9.17, 15) is 4.79 Å². The van der Waals surface area contributed by atoms with Gasteiger partial charge in [-0.15, -0.1) is 0 Å². The van der Waals surface area contributed by atoms with Crippen molar-refractivity contribution in [1.82, 2.24) is 0 Å². The number of nitrogens with two attached hydrogens (primary N) is 1. The molecule has 0 fully saturated rings. The summed E-state index contributed by atoms with van der Waals surface area (Å²) in [5, 5.41) is 0. The Hall–Kier alpha value is -1.31. The van der Waals surface area contributed by atoms with Crippen LogP contribution in [0.25, 0.3) is 0 Å². The maximum absolute atomic E-state index is 10.8. The zero-order valence-electron chi connectivity index (χ0n) is 9.37. The Kier molecular flexibility index (Phi) is 5.61. The average Bonchev–Trinajstić information content (AvgIpc) is 2.21. The maximum atomic E-state index is 10.8. The molecule has 0 bridgehead atoms. The van der Waals surface area contributed by atoms with E-state index in [0.29, 0.717) is 0 Å². The van der Waals surface area contributed by atoms with Crippen LogP contribution in [0.1, 0.15) is 37.8 Å². The van der Waals surface area contributed by atoms with E-state index in [4.69, 9.17) is 5.73 Å². The fraction of sp³-hybridized carbons (Fsp3) is 0.417. The fourth-order valence-corrected chi connectivity index (χ4v) is 1.02. The van der Waals surface area contributed by atoms with E-state index >= 15 is 0 Å². The van der Waals surface area contributed by atoms with Crippen LogP contribution in [-0.4, -0.2) is 5.91 Å². The normalized spacial score (nSPS) is 11.1. The summed E-state index contributed by atoms with van der Waals surface area (Å²) >= 11 is 0. The SMILES string of the molecule is CC.Cc1ccc(C(C)C(N)=O)cc1. The van der Waals surface area contributed by atoms with Gasteiger partial charge in [0, 0.05) is 0 Å². The number of carbonyl (C=O) groups excluding carboxylic acids is 1. The smallest absolute Gasteiger partial charge is 0.224 e. The molecule has 0 spiro atoms. The molecule has 0 saturated heterocycles. The summed E-state index contributed by atoms with van der Waals surface area (Å²) in [5.41, 5.74) is 7.34. The van der Waals surface area contributed by atoms with Crippen LogP contribution < -0.4 is 5.73 Å². The van der Waals surface area contributed by atoms with Gasteiger partial charge >= 0.3 is 0 Å². The van der Waals surface area contributed by atoms with E-state index in [2.05, 4.69) is 0 Å². The zero-order chi connectivity index (χ0) is 11.1. The molecule has 1 rings (SSSR count). The zero-order valence-corrected chi connectivity index (χ0v) is 9.37. The number of carbonyl (C=O) groups is 1. The van der Waals surface area contributed by atoms with Crippen molar-refractivity contribution in [1.29, 1.82) is 0 Å². The Balaban J connectivity index is 0.000000791. The van der Waals surface area contributed by atoms with Crippen LogP contribution in [0, 0.1) is 6.92 Å². The van der Waals surface area contributed by atoms with Crippen LogP contribution in [0.3, 0.4) is 0 Å². The minimum absolute atomic E-state index is 0.189. The van der Waals surface area contributed by atoms with E-state index in [-0.39, 0.29) is 11.8 Å². The van der Waals surface area contributed by atoms with Gasteiger partial charge in [0.2, 0.25) is 5.91 Å². The van der Waals surface area contributed by atoms with Crippen LogP contribution in [0.4, 0.5) is 0 Å². The van der Waals surface area contributed by atoms with Gasteiger partial charge in [-0.2, -0.15) is 0 Å². The van der Waals surface area contributed by atoms with Gasteiger partial charge in [0.15, 0.2) is 0 Å². The quantitative estimate of drug-likeness (QED) is 0.770. The number of aryl methyl sites for hydroxylation is 1. The lowest BCUT2D eigenvalue weighted by Gasteiger charge is -2.06. The van der Waals surface area contributed by atoms with Crippen molar-refractivity contribution >= 4 is 5.91 Å². The van der Waals surface area contributed by atoms with Crippen molar-refractivity contribution in [2.45, 2.75) is 33.6 Å². The van der Waals surface area contributed by atoms with E-state index in [1.165, 1.54) is 5.56 Å². The Labute approximate surface area is 86.1 Å². The molecule has 2 nitrogen and oxygen atoms in total. The van der Waals surface area contributed by atoms with Gasteiger partial charge < -0.3 is 5.73 Å². The third-order valence-electron chi connectivity index (χ3n) is 2.00. The fourth-order valence-electron chi connectivity index (χ4n) is 1.02. The molecule has 1 aromatic rings. The highest BCUT2D eigenvalue weighted by Gasteiger charge is 2.09. The van der Waals surface area contributed by atoms with Crippen LogP contribution in [0.5, 0.6) is 0 Å². The molecule has 0 heterocycles. The second-order valence-corrected chi connectivity index (χ2v) is 3.03. The molecule has 0 aliphatic rings. The Morgan fingerprint density at radius 2 is 1.64 bits per heavy atom. The molecule has 1 aromatic carbocycles. The highest BCUT2D eigenvalue weighted by molar-refractivity contribution is 5.81. The first kappa shape index (κ1) is 12.7. The Morgan fingerprint density at radius 3 is 2.00 bits per heavy atom. The van der Waals surface area contributed by atoms with Crippen molar-refractivity contribution in [2.24, 2.45) is 5.73 Å². The summed E-state index contributed by atoms with van der Waals surface area (Å²) in [6, 6.07) is 7.83. The minimum Gasteiger partial charge on any atom is -0.369 e. The van der Waals surface area contributed by atoms with Gasteiger partial charge in [-0.3, -0.25) is 4.79 Å². The highest BCUT2D eigenvalue weighted by Crippen LogP contribution is 2.14. The minimum atomic E-state index is -0.279. The van der Waals surface area contributed by atoms with Crippen LogP contribution >= 0.6 is 0 Å². The van der Waals surface area contributed by atoms with Gasteiger partial charge in [0.05, 0.1) is 5.92 Å². The van der Waals surface area contributed by atoms with Crippen LogP contribution in [0.15, 0.2) is 24.3 Å². The van der Waals surface area contributed by atoms with Gasteiger partial charge in [-0.05, 0) is 19.4 Å². The topological polar surface area (TPSA) is 43.1 Å². The van der Waals surface area contributed by atoms with E-state index in [1.54, 1.807) is 0 Å². The first-order valence-corrected chi connectivity index (χ1v) is 4.97. The van der Waals surface area contributed by atoms with Crippen molar-refractivity contribution < 1.29 is 4.79 Å². The number of benzene rings is 1. The van der Waals surface area contributed by atoms with Crippen molar-refractivity contribution in [3.63, 3.8) is 0 Å². The number of rotatable bonds is 2. The van der Waals surface area contributed by atoms with Gasteiger partial charge in [0.25, 0.3) is 0 Å². The van der Waals surface area contributed by atoms with E-state index < -0.39 is 0 Å². The lowest BCUT2D eigenvalue weighted by molar-refractivity contribution is -0.119.